The van der Waals surface area contributed by atoms with Crippen LogP contribution in [0.3, 0.4) is 0 Å². The van der Waals surface area contributed by atoms with Crippen LogP contribution in [0.4, 0.5) is 0 Å². The molecule has 0 aliphatic heterocycles. The standard InChI is InChI=1S/C13H15N5O3/c1-3-11-15-16-12(20-11)8-18(2)7-10-14-13(21-17-10)9-5-4-6-19-9/h4-6H,3,7-8H2,1-2H3. The second-order valence-electron chi connectivity index (χ2n) is 4.61. The first kappa shape index (κ1) is 13.5. The molecule has 3 rings (SSSR count). The highest BCUT2D eigenvalue weighted by Crippen LogP contribution is 2.17. The molecule has 0 amide bonds. The van der Waals surface area contributed by atoms with Crippen LogP contribution in [0, 0.1) is 0 Å². The van der Waals surface area contributed by atoms with Crippen molar-refractivity contribution in [1.29, 1.82) is 0 Å². The Kier molecular flexibility index (Phi) is 3.78. The smallest absolute Gasteiger partial charge is 0.293 e. The van der Waals surface area contributed by atoms with Crippen molar-refractivity contribution >= 4 is 0 Å². The highest BCUT2D eigenvalue weighted by Gasteiger charge is 2.14. The molecule has 0 atom stereocenters. The summed E-state index contributed by atoms with van der Waals surface area (Å²) in [6, 6.07) is 3.54. The van der Waals surface area contributed by atoms with Crippen LogP contribution < -0.4 is 0 Å². The van der Waals surface area contributed by atoms with Crippen LogP contribution in [0.25, 0.3) is 11.7 Å². The van der Waals surface area contributed by atoms with Crippen LogP contribution in [0.15, 0.2) is 31.8 Å². The second kappa shape index (κ2) is 5.88. The topological polar surface area (TPSA) is 94.2 Å². The molecule has 8 heteroatoms. The van der Waals surface area contributed by atoms with Gasteiger partial charge in [0.15, 0.2) is 11.6 Å². The molecule has 0 aromatic carbocycles. The van der Waals surface area contributed by atoms with E-state index < -0.39 is 0 Å². The van der Waals surface area contributed by atoms with Gasteiger partial charge in [0.2, 0.25) is 11.8 Å². The molecular formula is C13H15N5O3. The average molecular weight is 289 g/mol. The molecule has 110 valence electrons. The van der Waals surface area contributed by atoms with Gasteiger partial charge in [0, 0.05) is 6.42 Å². The van der Waals surface area contributed by atoms with Gasteiger partial charge in [-0.2, -0.15) is 4.98 Å². The molecule has 21 heavy (non-hydrogen) atoms. The molecule has 8 nitrogen and oxygen atoms in total. The third-order valence-corrected chi connectivity index (χ3v) is 2.83. The lowest BCUT2D eigenvalue weighted by Crippen LogP contribution is -2.18. The van der Waals surface area contributed by atoms with Crippen LogP contribution in [0.2, 0.25) is 0 Å². The van der Waals surface area contributed by atoms with Crippen LogP contribution in [-0.4, -0.2) is 32.3 Å². The van der Waals surface area contributed by atoms with Crippen LogP contribution in [0.5, 0.6) is 0 Å². The summed E-state index contributed by atoms with van der Waals surface area (Å²) in [5.74, 6) is 2.71. The maximum atomic E-state index is 5.46. The van der Waals surface area contributed by atoms with Gasteiger partial charge in [-0.25, -0.2) is 0 Å². The van der Waals surface area contributed by atoms with Gasteiger partial charge in [-0.3, -0.25) is 4.90 Å². The number of nitrogens with zero attached hydrogens (tertiary/aromatic N) is 5. The first-order chi connectivity index (χ1) is 10.2. The Morgan fingerprint density at radius 2 is 2.05 bits per heavy atom. The van der Waals surface area contributed by atoms with E-state index in [1.165, 1.54) is 0 Å². The third kappa shape index (κ3) is 3.16. The summed E-state index contributed by atoms with van der Waals surface area (Å²) in [4.78, 5) is 6.24. The first-order valence-electron chi connectivity index (χ1n) is 6.61. The van der Waals surface area contributed by atoms with Gasteiger partial charge in [-0.1, -0.05) is 12.1 Å². The highest BCUT2D eigenvalue weighted by molar-refractivity contribution is 5.42. The summed E-state index contributed by atoms with van der Waals surface area (Å²) in [5, 5.41) is 11.8. The van der Waals surface area contributed by atoms with Crippen LogP contribution in [-0.2, 0) is 19.5 Å². The van der Waals surface area contributed by atoms with Crippen LogP contribution in [0.1, 0.15) is 24.5 Å². The van der Waals surface area contributed by atoms with Crippen LogP contribution >= 0.6 is 0 Å². The minimum atomic E-state index is 0.370. The maximum Gasteiger partial charge on any atom is 0.293 e. The summed E-state index contributed by atoms with van der Waals surface area (Å²) in [5.41, 5.74) is 0. The number of rotatable bonds is 6. The molecule has 0 spiro atoms. The second-order valence-corrected chi connectivity index (χ2v) is 4.61. The minimum Gasteiger partial charge on any atom is -0.459 e. The summed E-state index contributed by atoms with van der Waals surface area (Å²) < 4.78 is 15.8. The Morgan fingerprint density at radius 1 is 1.19 bits per heavy atom. The van der Waals surface area contributed by atoms with Crippen molar-refractivity contribution < 1.29 is 13.4 Å². The lowest BCUT2D eigenvalue weighted by atomic mass is 10.4. The molecule has 0 saturated heterocycles. The van der Waals surface area contributed by atoms with Gasteiger partial charge in [0.05, 0.1) is 19.4 Å². The molecule has 0 saturated carbocycles. The van der Waals surface area contributed by atoms with Crippen molar-refractivity contribution in [3.63, 3.8) is 0 Å². The molecular weight excluding hydrogens is 274 g/mol. The molecule has 0 N–H and O–H groups in total. The number of furan rings is 1. The normalized spacial score (nSPS) is 11.4. The van der Waals surface area contributed by atoms with E-state index in [1.54, 1.807) is 18.4 Å². The SMILES string of the molecule is CCc1nnc(CN(C)Cc2noc(-c3ccco3)n2)o1. The molecule has 3 aromatic heterocycles. The van der Waals surface area contributed by atoms with Crippen molar-refractivity contribution in [2.45, 2.75) is 26.4 Å². The van der Waals surface area contributed by atoms with E-state index in [4.69, 9.17) is 13.4 Å². The summed E-state index contributed by atoms with van der Waals surface area (Å²) in [7, 11) is 1.92. The molecule has 3 aromatic rings. The van der Waals surface area contributed by atoms with Crippen molar-refractivity contribution in [2.75, 3.05) is 7.05 Å². The van der Waals surface area contributed by atoms with E-state index in [2.05, 4.69) is 20.3 Å². The summed E-state index contributed by atoms with van der Waals surface area (Å²) in [6.07, 6.45) is 2.29. The lowest BCUT2D eigenvalue weighted by molar-refractivity contribution is 0.267. The predicted octanol–water partition coefficient (Wildman–Crippen LogP) is 1.91. The van der Waals surface area contributed by atoms with E-state index in [-0.39, 0.29) is 0 Å². The molecule has 0 radical (unpaired) electrons. The van der Waals surface area contributed by atoms with E-state index in [0.29, 0.717) is 42.3 Å². The van der Waals surface area contributed by atoms with E-state index >= 15 is 0 Å². The van der Waals surface area contributed by atoms with Crippen molar-refractivity contribution in [1.82, 2.24) is 25.2 Å². The van der Waals surface area contributed by atoms with Crippen molar-refractivity contribution in [3.8, 4) is 11.7 Å². The Bertz CT molecular complexity index is 688. The Labute approximate surface area is 120 Å². The van der Waals surface area contributed by atoms with E-state index in [1.807, 2.05) is 18.9 Å². The molecule has 0 bridgehead atoms. The summed E-state index contributed by atoms with van der Waals surface area (Å²) in [6.45, 7) is 3.00. The van der Waals surface area contributed by atoms with Gasteiger partial charge >= 0.3 is 0 Å². The van der Waals surface area contributed by atoms with Gasteiger partial charge in [0.1, 0.15) is 0 Å². The fraction of sp³-hybridized carbons (Fsp3) is 0.385. The maximum absolute atomic E-state index is 5.46. The van der Waals surface area contributed by atoms with Gasteiger partial charge in [-0.05, 0) is 19.2 Å². The monoisotopic (exact) mass is 289 g/mol. The van der Waals surface area contributed by atoms with Gasteiger partial charge in [-0.15, -0.1) is 10.2 Å². The molecule has 3 heterocycles. The largest absolute Gasteiger partial charge is 0.459 e. The van der Waals surface area contributed by atoms with E-state index in [9.17, 15) is 0 Å². The summed E-state index contributed by atoms with van der Waals surface area (Å²) >= 11 is 0. The zero-order valence-corrected chi connectivity index (χ0v) is 11.8. The van der Waals surface area contributed by atoms with Gasteiger partial charge < -0.3 is 13.4 Å². The van der Waals surface area contributed by atoms with Crippen molar-refractivity contribution in [2.24, 2.45) is 0 Å². The molecule has 0 aliphatic rings. The Morgan fingerprint density at radius 3 is 2.76 bits per heavy atom. The molecule has 0 fully saturated rings. The van der Waals surface area contributed by atoms with Gasteiger partial charge in [0.25, 0.3) is 5.89 Å². The number of hydrogen-bond acceptors (Lipinski definition) is 8. The quantitative estimate of drug-likeness (QED) is 0.679. The number of hydrogen-bond donors (Lipinski definition) is 0. The third-order valence-electron chi connectivity index (χ3n) is 2.83. The first-order valence-corrected chi connectivity index (χ1v) is 6.61. The zero-order valence-electron chi connectivity index (χ0n) is 11.8. The molecule has 0 unspecified atom stereocenters. The number of aromatic nitrogens is 4. The lowest BCUT2D eigenvalue weighted by Gasteiger charge is -2.10. The Balaban J connectivity index is 1.61. The predicted molar refractivity (Wildman–Crippen MR) is 70.8 cm³/mol. The number of aryl methyl sites for hydroxylation is 1. The van der Waals surface area contributed by atoms with E-state index in [0.717, 1.165) is 6.42 Å². The Hall–Kier alpha value is -2.48. The highest BCUT2D eigenvalue weighted by atomic mass is 16.5. The van der Waals surface area contributed by atoms with Crippen molar-refractivity contribution in [3.05, 3.63) is 36.0 Å². The minimum absolute atomic E-state index is 0.370. The fourth-order valence-electron chi connectivity index (χ4n) is 1.84. The fourth-order valence-corrected chi connectivity index (χ4v) is 1.84. The zero-order chi connectivity index (χ0) is 14.7. The molecule has 0 aliphatic carbocycles. The average Bonchev–Trinajstić information content (AvgIpc) is 3.19.